The number of nitrogens with two attached hydrogens (primary N) is 1. The maximum atomic E-state index is 10.5. The summed E-state index contributed by atoms with van der Waals surface area (Å²) in [6.45, 7) is 2.28. The molecule has 2 heteroatoms. The van der Waals surface area contributed by atoms with Crippen LogP contribution in [0.2, 0.25) is 0 Å². The molecule has 0 aliphatic rings. The van der Waals surface area contributed by atoms with Gasteiger partial charge in [0.15, 0.2) is 0 Å². The minimum atomic E-state index is -0.253. The smallest absolute Gasteiger partial charge is 0.218 e. The van der Waals surface area contributed by atoms with E-state index in [-0.39, 0.29) is 5.91 Å². The van der Waals surface area contributed by atoms with Crippen molar-refractivity contribution < 1.29 is 4.79 Å². The van der Waals surface area contributed by atoms with Crippen LogP contribution in [0.25, 0.3) is 0 Å². The van der Waals surface area contributed by atoms with Crippen molar-refractivity contribution in [2.24, 2.45) is 5.73 Å². The van der Waals surface area contributed by atoms with Crippen LogP contribution in [0.4, 0.5) is 0 Å². The molecule has 1 amide bonds. The van der Waals surface area contributed by atoms with Crippen LogP contribution >= 0.6 is 0 Å². The monoisotopic (exact) mass is 335 g/mol. The van der Waals surface area contributed by atoms with Crippen molar-refractivity contribution in [3.63, 3.8) is 0 Å². The summed E-state index contributed by atoms with van der Waals surface area (Å²) in [6.07, 6.45) is 22.9. The summed E-state index contributed by atoms with van der Waals surface area (Å²) in [6, 6.07) is 0. The summed E-state index contributed by atoms with van der Waals surface area (Å²) >= 11 is 0. The third kappa shape index (κ3) is 21.0. The summed E-state index contributed by atoms with van der Waals surface area (Å²) < 4.78 is 0. The highest BCUT2D eigenvalue weighted by Crippen LogP contribution is 2.13. The first-order valence-electron chi connectivity index (χ1n) is 10.5. The van der Waals surface area contributed by atoms with E-state index in [0.717, 1.165) is 6.42 Å². The predicted molar refractivity (Wildman–Crippen MR) is 106 cm³/mol. The molecule has 0 spiro atoms. The number of primary amides is 1. The van der Waals surface area contributed by atoms with E-state index in [1.54, 1.807) is 0 Å². The predicted octanol–water partition coefficient (Wildman–Crippen LogP) is 6.52. The van der Waals surface area contributed by atoms with Crippen molar-refractivity contribution in [1.82, 2.24) is 0 Å². The van der Waals surface area contributed by atoms with Crippen molar-refractivity contribution >= 4 is 5.91 Å². The minimum Gasteiger partial charge on any atom is -0.370 e. The van der Waals surface area contributed by atoms with Crippen molar-refractivity contribution in [2.45, 2.75) is 122 Å². The first kappa shape index (κ1) is 23.0. The van der Waals surface area contributed by atoms with Crippen molar-refractivity contribution in [3.8, 4) is 11.8 Å². The summed E-state index contributed by atoms with van der Waals surface area (Å²) in [7, 11) is 0. The maximum Gasteiger partial charge on any atom is 0.218 e. The Kier molecular flexibility index (Phi) is 19.3. The number of amides is 1. The molecule has 0 rings (SSSR count). The molecule has 2 nitrogen and oxygen atoms in total. The van der Waals surface area contributed by atoms with Crippen LogP contribution in [0.15, 0.2) is 0 Å². The quantitative estimate of drug-likeness (QED) is 0.239. The van der Waals surface area contributed by atoms with E-state index in [4.69, 9.17) is 5.73 Å². The molecule has 0 saturated carbocycles. The van der Waals surface area contributed by atoms with Crippen molar-refractivity contribution in [3.05, 3.63) is 0 Å². The standard InChI is InChI=1S/C22H41NO/c1-2-3-4-5-6-7-8-9-10-11-12-13-14-15-16-17-18-19-20-21-22(23)24/h2-17,20-21H2,1H3,(H2,23,24). The van der Waals surface area contributed by atoms with Gasteiger partial charge in [-0.2, -0.15) is 0 Å². The Labute approximate surface area is 151 Å². The summed E-state index contributed by atoms with van der Waals surface area (Å²) in [5.41, 5.74) is 5.06. The van der Waals surface area contributed by atoms with E-state index < -0.39 is 0 Å². The Morgan fingerprint density at radius 1 is 0.625 bits per heavy atom. The molecule has 0 bridgehead atoms. The number of unbranched alkanes of at least 4 members (excludes halogenated alkanes) is 15. The van der Waals surface area contributed by atoms with Gasteiger partial charge in [-0.3, -0.25) is 4.79 Å². The lowest BCUT2D eigenvalue weighted by atomic mass is 10.0. The second kappa shape index (κ2) is 20.1. The zero-order valence-electron chi connectivity index (χ0n) is 16.2. The highest BCUT2D eigenvalue weighted by atomic mass is 16.1. The molecule has 0 aromatic carbocycles. The molecule has 0 radical (unpaired) electrons. The molecule has 0 fully saturated rings. The fraction of sp³-hybridized carbons (Fsp3) is 0.864. The zero-order valence-corrected chi connectivity index (χ0v) is 16.2. The lowest BCUT2D eigenvalue weighted by molar-refractivity contribution is -0.117. The minimum absolute atomic E-state index is 0.253. The third-order valence-corrected chi connectivity index (χ3v) is 4.53. The van der Waals surface area contributed by atoms with Gasteiger partial charge in [0.1, 0.15) is 0 Å². The van der Waals surface area contributed by atoms with Crippen LogP contribution in [-0.2, 0) is 4.79 Å². The molecule has 0 saturated heterocycles. The van der Waals surface area contributed by atoms with Gasteiger partial charge in [0.05, 0.1) is 0 Å². The SMILES string of the molecule is CCCCCCCCCCCCCCCCCC#CCCC(N)=O. The van der Waals surface area contributed by atoms with Crippen LogP contribution in [0.3, 0.4) is 0 Å². The van der Waals surface area contributed by atoms with Gasteiger partial charge in [-0.1, -0.05) is 96.8 Å². The number of hydrogen-bond donors (Lipinski definition) is 1. The van der Waals surface area contributed by atoms with E-state index in [1.165, 1.54) is 96.3 Å². The molecule has 0 unspecified atom stereocenters. The molecule has 0 aromatic heterocycles. The summed E-state index contributed by atoms with van der Waals surface area (Å²) in [4.78, 5) is 10.5. The third-order valence-electron chi connectivity index (χ3n) is 4.53. The number of carbonyl (C=O) groups excluding carboxylic acids is 1. The molecule has 0 heterocycles. The first-order valence-corrected chi connectivity index (χ1v) is 10.5. The molecule has 2 N–H and O–H groups in total. The summed E-state index contributed by atoms with van der Waals surface area (Å²) in [5.74, 6) is 5.89. The van der Waals surface area contributed by atoms with Gasteiger partial charge in [-0.25, -0.2) is 0 Å². The molecule has 0 aliphatic carbocycles. The Morgan fingerprint density at radius 3 is 1.42 bits per heavy atom. The second-order valence-electron chi connectivity index (χ2n) is 7.02. The molecule has 0 aliphatic heterocycles. The highest BCUT2D eigenvalue weighted by molar-refractivity contribution is 5.73. The van der Waals surface area contributed by atoms with Gasteiger partial charge in [-0.15, -0.1) is 11.8 Å². The first-order chi connectivity index (χ1) is 11.8. The van der Waals surface area contributed by atoms with Gasteiger partial charge in [0.25, 0.3) is 0 Å². The summed E-state index contributed by atoms with van der Waals surface area (Å²) in [5, 5.41) is 0. The fourth-order valence-corrected chi connectivity index (χ4v) is 2.95. The Balaban J connectivity index is 3.06. The number of rotatable bonds is 17. The number of carbonyl (C=O) groups is 1. The van der Waals surface area contributed by atoms with Crippen LogP contribution in [0.5, 0.6) is 0 Å². The van der Waals surface area contributed by atoms with Gasteiger partial charge in [-0.05, 0) is 6.42 Å². The van der Waals surface area contributed by atoms with E-state index in [0.29, 0.717) is 12.8 Å². The lowest BCUT2D eigenvalue weighted by Gasteiger charge is -2.03. The normalized spacial score (nSPS) is 10.4. The second-order valence-corrected chi connectivity index (χ2v) is 7.02. The maximum absolute atomic E-state index is 10.5. The Hall–Kier alpha value is -0.970. The largest absolute Gasteiger partial charge is 0.370 e. The van der Waals surface area contributed by atoms with E-state index >= 15 is 0 Å². The van der Waals surface area contributed by atoms with Crippen molar-refractivity contribution in [2.75, 3.05) is 0 Å². The van der Waals surface area contributed by atoms with E-state index in [9.17, 15) is 4.79 Å². The van der Waals surface area contributed by atoms with Crippen LogP contribution in [0, 0.1) is 11.8 Å². The number of hydrogen-bond acceptors (Lipinski definition) is 1. The average Bonchev–Trinajstić information content (AvgIpc) is 2.56. The fourth-order valence-electron chi connectivity index (χ4n) is 2.95. The van der Waals surface area contributed by atoms with Gasteiger partial charge in [0.2, 0.25) is 5.91 Å². The van der Waals surface area contributed by atoms with E-state index in [1.807, 2.05) is 0 Å². The Bertz CT molecular complexity index is 327. The molecule has 0 aromatic rings. The lowest BCUT2D eigenvalue weighted by Crippen LogP contribution is -2.08. The van der Waals surface area contributed by atoms with Crippen molar-refractivity contribution in [1.29, 1.82) is 0 Å². The molecule has 24 heavy (non-hydrogen) atoms. The van der Waals surface area contributed by atoms with Crippen LogP contribution in [0.1, 0.15) is 122 Å². The van der Waals surface area contributed by atoms with Crippen LogP contribution in [-0.4, -0.2) is 5.91 Å². The van der Waals surface area contributed by atoms with Gasteiger partial charge < -0.3 is 5.73 Å². The highest BCUT2D eigenvalue weighted by Gasteiger charge is 1.94. The molecule has 140 valence electrons. The molecule has 0 atom stereocenters. The van der Waals surface area contributed by atoms with E-state index in [2.05, 4.69) is 18.8 Å². The van der Waals surface area contributed by atoms with Gasteiger partial charge in [0, 0.05) is 19.3 Å². The van der Waals surface area contributed by atoms with Crippen LogP contribution < -0.4 is 5.73 Å². The topological polar surface area (TPSA) is 43.1 Å². The average molecular weight is 336 g/mol. The van der Waals surface area contributed by atoms with Gasteiger partial charge >= 0.3 is 0 Å². The zero-order chi connectivity index (χ0) is 17.7. The Morgan fingerprint density at radius 2 is 1.00 bits per heavy atom. The molecular formula is C22H41NO. The molecular weight excluding hydrogens is 294 g/mol.